The first-order chi connectivity index (χ1) is 9.09. The van der Waals surface area contributed by atoms with Gasteiger partial charge in [0.15, 0.2) is 5.78 Å². The summed E-state index contributed by atoms with van der Waals surface area (Å²) in [5, 5.41) is 9.27. The van der Waals surface area contributed by atoms with Crippen molar-refractivity contribution in [3.8, 4) is 0 Å². The van der Waals surface area contributed by atoms with E-state index in [-0.39, 0.29) is 11.8 Å². The highest BCUT2D eigenvalue weighted by Crippen LogP contribution is 2.22. The summed E-state index contributed by atoms with van der Waals surface area (Å²) in [5.74, 6) is -0.0492. The SMILES string of the molecule is CC(=O)C1=CCCN(C(=O)O)C1Cc1ccccc1. The highest BCUT2D eigenvalue weighted by molar-refractivity contribution is 5.95. The third kappa shape index (κ3) is 3.02. The molecule has 1 aromatic carbocycles. The number of hydrogen-bond donors (Lipinski definition) is 1. The fourth-order valence-corrected chi connectivity index (χ4v) is 2.48. The smallest absolute Gasteiger partial charge is 0.407 e. The Morgan fingerprint density at radius 3 is 2.58 bits per heavy atom. The molecule has 0 aliphatic carbocycles. The predicted octanol–water partition coefficient (Wildman–Crippen LogP) is 2.50. The van der Waals surface area contributed by atoms with Crippen molar-refractivity contribution in [2.45, 2.75) is 25.8 Å². The fourth-order valence-electron chi connectivity index (χ4n) is 2.48. The first-order valence-electron chi connectivity index (χ1n) is 6.34. The number of rotatable bonds is 3. The number of amides is 1. The molecule has 100 valence electrons. The number of carbonyl (C=O) groups excluding carboxylic acids is 1. The molecule has 1 aromatic rings. The van der Waals surface area contributed by atoms with Crippen LogP contribution >= 0.6 is 0 Å². The summed E-state index contributed by atoms with van der Waals surface area (Å²) in [6.45, 7) is 1.94. The standard InChI is InChI=1S/C15H17NO3/c1-11(17)13-8-5-9-16(15(18)19)14(13)10-12-6-3-2-4-7-12/h2-4,6-8,14H,5,9-10H2,1H3,(H,18,19). The van der Waals surface area contributed by atoms with Gasteiger partial charge in [0.25, 0.3) is 0 Å². The Morgan fingerprint density at radius 1 is 1.32 bits per heavy atom. The van der Waals surface area contributed by atoms with Crippen LogP contribution in [0, 0.1) is 0 Å². The summed E-state index contributed by atoms with van der Waals surface area (Å²) in [7, 11) is 0. The van der Waals surface area contributed by atoms with Crippen LogP contribution < -0.4 is 0 Å². The minimum atomic E-state index is -0.965. The normalized spacial score (nSPS) is 18.9. The van der Waals surface area contributed by atoms with Crippen LogP contribution in [0.4, 0.5) is 4.79 Å². The van der Waals surface area contributed by atoms with E-state index in [0.29, 0.717) is 25.0 Å². The zero-order valence-corrected chi connectivity index (χ0v) is 10.9. The summed E-state index contributed by atoms with van der Waals surface area (Å²) in [6.07, 6.45) is 2.05. The zero-order chi connectivity index (χ0) is 13.8. The molecule has 1 N–H and O–H groups in total. The van der Waals surface area contributed by atoms with Crippen LogP contribution in [0.5, 0.6) is 0 Å². The Hall–Kier alpha value is -2.10. The highest BCUT2D eigenvalue weighted by Gasteiger charge is 2.31. The zero-order valence-electron chi connectivity index (χ0n) is 10.9. The number of nitrogens with zero attached hydrogens (tertiary/aromatic N) is 1. The summed E-state index contributed by atoms with van der Waals surface area (Å²) < 4.78 is 0. The van der Waals surface area contributed by atoms with Gasteiger partial charge >= 0.3 is 6.09 Å². The van der Waals surface area contributed by atoms with Crippen molar-refractivity contribution in [2.24, 2.45) is 0 Å². The fraction of sp³-hybridized carbons (Fsp3) is 0.333. The van der Waals surface area contributed by atoms with Gasteiger partial charge in [0.05, 0.1) is 6.04 Å². The number of carbonyl (C=O) groups is 2. The Bertz CT molecular complexity index is 507. The predicted molar refractivity (Wildman–Crippen MR) is 72.0 cm³/mol. The molecule has 2 rings (SSSR count). The average molecular weight is 259 g/mol. The van der Waals surface area contributed by atoms with Crippen molar-refractivity contribution < 1.29 is 14.7 Å². The van der Waals surface area contributed by atoms with Crippen LogP contribution in [0.2, 0.25) is 0 Å². The molecular weight excluding hydrogens is 242 g/mol. The largest absolute Gasteiger partial charge is 0.465 e. The molecule has 4 nitrogen and oxygen atoms in total. The second-order valence-corrected chi connectivity index (χ2v) is 4.69. The van der Waals surface area contributed by atoms with E-state index in [1.165, 1.54) is 11.8 Å². The Kier molecular flexibility index (Phi) is 4.00. The number of Topliss-reactive ketones (excluding diaryl/α,β-unsaturated/α-hetero) is 1. The Balaban J connectivity index is 2.29. The second-order valence-electron chi connectivity index (χ2n) is 4.69. The van der Waals surface area contributed by atoms with Gasteiger partial charge in [0.2, 0.25) is 0 Å². The van der Waals surface area contributed by atoms with E-state index in [1.54, 1.807) is 0 Å². The van der Waals surface area contributed by atoms with Gasteiger partial charge in [0.1, 0.15) is 0 Å². The summed E-state index contributed by atoms with van der Waals surface area (Å²) in [4.78, 5) is 24.4. The van der Waals surface area contributed by atoms with Crippen molar-refractivity contribution in [3.05, 3.63) is 47.5 Å². The first kappa shape index (κ1) is 13.3. The molecule has 0 saturated heterocycles. The summed E-state index contributed by atoms with van der Waals surface area (Å²) in [5.41, 5.74) is 1.64. The molecule has 1 heterocycles. The lowest BCUT2D eigenvalue weighted by atomic mass is 9.91. The van der Waals surface area contributed by atoms with E-state index in [4.69, 9.17) is 0 Å². The van der Waals surface area contributed by atoms with Gasteiger partial charge in [-0.25, -0.2) is 4.79 Å². The third-order valence-electron chi connectivity index (χ3n) is 3.39. The molecule has 0 aromatic heterocycles. The third-order valence-corrected chi connectivity index (χ3v) is 3.39. The van der Waals surface area contributed by atoms with Crippen LogP contribution in [0.25, 0.3) is 0 Å². The molecule has 1 unspecified atom stereocenters. The minimum absolute atomic E-state index is 0.0492. The van der Waals surface area contributed by atoms with Crippen LogP contribution in [0.1, 0.15) is 18.9 Å². The van der Waals surface area contributed by atoms with Gasteiger partial charge in [0, 0.05) is 12.1 Å². The minimum Gasteiger partial charge on any atom is -0.465 e. The molecule has 4 heteroatoms. The number of ketones is 1. The lowest BCUT2D eigenvalue weighted by Crippen LogP contribution is -2.46. The number of carboxylic acid groups (broad SMARTS) is 1. The maximum atomic E-state index is 11.7. The van der Waals surface area contributed by atoms with E-state index >= 15 is 0 Å². The van der Waals surface area contributed by atoms with E-state index < -0.39 is 6.09 Å². The van der Waals surface area contributed by atoms with E-state index in [9.17, 15) is 14.7 Å². The molecule has 1 aliphatic rings. The molecule has 0 fully saturated rings. The Morgan fingerprint density at radius 2 is 2.00 bits per heavy atom. The van der Waals surface area contributed by atoms with Gasteiger partial charge in [-0.15, -0.1) is 0 Å². The lowest BCUT2D eigenvalue weighted by molar-refractivity contribution is -0.114. The monoisotopic (exact) mass is 259 g/mol. The molecular formula is C15H17NO3. The molecule has 1 atom stereocenters. The first-order valence-corrected chi connectivity index (χ1v) is 6.34. The molecule has 0 radical (unpaired) electrons. The van der Waals surface area contributed by atoms with Crippen molar-refractivity contribution >= 4 is 11.9 Å². The molecule has 0 bridgehead atoms. The topological polar surface area (TPSA) is 57.6 Å². The molecule has 0 spiro atoms. The maximum Gasteiger partial charge on any atom is 0.407 e. The van der Waals surface area contributed by atoms with Gasteiger partial charge < -0.3 is 10.0 Å². The number of benzene rings is 1. The van der Waals surface area contributed by atoms with E-state index in [1.807, 2.05) is 36.4 Å². The van der Waals surface area contributed by atoms with Gasteiger partial charge in [-0.2, -0.15) is 0 Å². The van der Waals surface area contributed by atoms with Crippen molar-refractivity contribution in [3.63, 3.8) is 0 Å². The average Bonchev–Trinajstić information content (AvgIpc) is 2.39. The van der Waals surface area contributed by atoms with Crippen molar-refractivity contribution in [1.82, 2.24) is 4.90 Å². The quantitative estimate of drug-likeness (QED) is 0.907. The van der Waals surface area contributed by atoms with Crippen molar-refractivity contribution in [2.75, 3.05) is 6.54 Å². The molecule has 1 amide bonds. The van der Waals surface area contributed by atoms with E-state index in [0.717, 1.165) is 5.56 Å². The number of hydrogen-bond acceptors (Lipinski definition) is 2. The van der Waals surface area contributed by atoms with Crippen LogP contribution in [-0.2, 0) is 11.2 Å². The van der Waals surface area contributed by atoms with Crippen LogP contribution in [0.3, 0.4) is 0 Å². The second kappa shape index (κ2) is 5.69. The van der Waals surface area contributed by atoms with Gasteiger partial charge in [-0.1, -0.05) is 36.4 Å². The summed E-state index contributed by atoms with van der Waals surface area (Å²) >= 11 is 0. The summed E-state index contributed by atoms with van der Waals surface area (Å²) in [6, 6.07) is 9.28. The maximum absolute atomic E-state index is 11.7. The molecule has 1 aliphatic heterocycles. The Labute approximate surface area is 112 Å². The lowest BCUT2D eigenvalue weighted by Gasteiger charge is -2.33. The molecule has 19 heavy (non-hydrogen) atoms. The highest BCUT2D eigenvalue weighted by atomic mass is 16.4. The van der Waals surface area contributed by atoms with Crippen molar-refractivity contribution in [1.29, 1.82) is 0 Å². The van der Waals surface area contributed by atoms with E-state index in [2.05, 4.69) is 0 Å². The molecule has 0 saturated carbocycles. The van der Waals surface area contributed by atoms with Crippen LogP contribution in [0.15, 0.2) is 42.0 Å². The van der Waals surface area contributed by atoms with Crippen LogP contribution in [-0.4, -0.2) is 34.5 Å². The van der Waals surface area contributed by atoms with Gasteiger partial charge in [-0.05, 0) is 25.3 Å². The van der Waals surface area contributed by atoms with Gasteiger partial charge in [-0.3, -0.25) is 4.79 Å².